The number of hydrazone groups is 1. The maximum absolute atomic E-state index is 12.1. The third-order valence-corrected chi connectivity index (χ3v) is 5.34. The van der Waals surface area contributed by atoms with Crippen molar-refractivity contribution in [1.82, 2.24) is 5.43 Å². The monoisotopic (exact) mass is 369 g/mol. The Morgan fingerprint density at radius 3 is 2.38 bits per heavy atom. The fraction of sp³-hybridized carbons (Fsp3) is 0.333. The third kappa shape index (κ3) is 6.23. The second kappa shape index (κ2) is 10.7. The number of nitrogens with zero attached hydrogens (tertiary/aromatic N) is 2. The number of hydrogen-bond donors (Lipinski definition) is 1. The SMILES string of the molecule is CCN(CC)c1ccc(/C=N\NC(=O)[C@H](C)SCc2ccccc2)cc1. The highest BCUT2D eigenvalue weighted by Gasteiger charge is 2.12. The molecule has 0 saturated heterocycles. The molecule has 4 nitrogen and oxygen atoms in total. The van der Waals surface area contributed by atoms with Crippen LogP contribution in [-0.4, -0.2) is 30.5 Å². The minimum atomic E-state index is -0.155. The van der Waals surface area contributed by atoms with E-state index in [1.54, 1.807) is 18.0 Å². The zero-order valence-corrected chi connectivity index (χ0v) is 16.5. The van der Waals surface area contributed by atoms with Crippen molar-refractivity contribution in [3.05, 3.63) is 65.7 Å². The number of carbonyl (C=O) groups excluding carboxylic acids is 1. The van der Waals surface area contributed by atoms with Gasteiger partial charge in [0.25, 0.3) is 5.91 Å². The van der Waals surface area contributed by atoms with Crippen LogP contribution in [0.4, 0.5) is 5.69 Å². The summed E-state index contributed by atoms with van der Waals surface area (Å²) in [5.41, 5.74) is 6.00. The lowest BCUT2D eigenvalue weighted by Gasteiger charge is -2.20. The summed E-state index contributed by atoms with van der Waals surface area (Å²) in [4.78, 5) is 14.4. The summed E-state index contributed by atoms with van der Waals surface area (Å²) >= 11 is 1.60. The van der Waals surface area contributed by atoms with Gasteiger partial charge in [0.1, 0.15) is 0 Å². The minimum absolute atomic E-state index is 0.0815. The van der Waals surface area contributed by atoms with Gasteiger partial charge in [-0.1, -0.05) is 42.5 Å². The molecule has 2 rings (SSSR count). The van der Waals surface area contributed by atoms with Gasteiger partial charge in [-0.25, -0.2) is 5.43 Å². The third-order valence-electron chi connectivity index (χ3n) is 4.12. The number of benzene rings is 2. The number of anilines is 1. The van der Waals surface area contributed by atoms with Crippen molar-refractivity contribution in [2.24, 2.45) is 5.10 Å². The Hall–Kier alpha value is -2.27. The van der Waals surface area contributed by atoms with E-state index in [4.69, 9.17) is 0 Å². The molecule has 0 aliphatic rings. The molecule has 0 aromatic heterocycles. The summed E-state index contributed by atoms with van der Waals surface area (Å²) in [6.45, 7) is 8.16. The van der Waals surface area contributed by atoms with Crippen LogP contribution in [0.5, 0.6) is 0 Å². The molecule has 0 heterocycles. The van der Waals surface area contributed by atoms with E-state index in [-0.39, 0.29) is 11.2 Å². The highest BCUT2D eigenvalue weighted by molar-refractivity contribution is 7.99. The van der Waals surface area contributed by atoms with Crippen LogP contribution in [0, 0.1) is 0 Å². The Morgan fingerprint density at radius 1 is 1.12 bits per heavy atom. The molecule has 0 spiro atoms. The lowest BCUT2D eigenvalue weighted by Crippen LogP contribution is -2.27. The molecule has 0 fully saturated rings. The molecule has 1 N–H and O–H groups in total. The molecule has 2 aromatic rings. The van der Waals surface area contributed by atoms with Gasteiger partial charge in [0.2, 0.25) is 0 Å². The molecule has 26 heavy (non-hydrogen) atoms. The van der Waals surface area contributed by atoms with E-state index in [0.717, 1.165) is 24.4 Å². The molecule has 5 heteroatoms. The van der Waals surface area contributed by atoms with Gasteiger partial charge in [-0.2, -0.15) is 5.10 Å². The first-order valence-electron chi connectivity index (χ1n) is 8.97. The Labute approximate surface area is 160 Å². The summed E-state index contributed by atoms with van der Waals surface area (Å²) < 4.78 is 0. The van der Waals surface area contributed by atoms with E-state index in [0.29, 0.717) is 0 Å². The summed E-state index contributed by atoms with van der Waals surface area (Å²) in [5, 5.41) is 3.93. The van der Waals surface area contributed by atoms with Crippen LogP contribution in [0.2, 0.25) is 0 Å². The topological polar surface area (TPSA) is 44.7 Å². The van der Waals surface area contributed by atoms with Gasteiger partial charge in [0.05, 0.1) is 11.5 Å². The molecule has 1 amide bonds. The number of thioether (sulfide) groups is 1. The van der Waals surface area contributed by atoms with Crippen LogP contribution >= 0.6 is 11.8 Å². The molecule has 138 valence electrons. The van der Waals surface area contributed by atoms with Crippen LogP contribution in [0.3, 0.4) is 0 Å². The van der Waals surface area contributed by atoms with E-state index in [1.165, 1.54) is 11.3 Å². The van der Waals surface area contributed by atoms with Crippen molar-refractivity contribution in [2.45, 2.75) is 31.8 Å². The predicted molar refractivity (Wildman–Crippen MR) is 113 cm³/mol. The molecule has 0 saturated carbocycles. The van der Waals surface area contributed by atoms with Gasteiger partial charge >= 0.3 is 0 Å². The molecular formula is C21H27N3OS. The first kappa shape index (κ1) is 20.0. The number of rotatable bonds is 9. The molecule has 0 aliphatic heterocycles. The standard InChI is InChI=1S/C21H27N3OS/c1-4-24(5-2)20-13-11-18(12-14-20)15-22-23-21(25)17(3)26-16-19-9-7-6-8-10-19/h6-15,17H,4-5,16H2,1-3H3,(H,23,25)/b22-15-/t17-/m0/s1. The molecule has 1 atom stereocenters. The first-order chi connectivity index (χ1) is 12.6. The van der Waals surface area contributed by atoms with E-state index in [1.807, 2.05) is 37.3 Å². The normalized spacial score (nSPS) is 12.1. The molecule has 0 bridgehead atoms. The van der Waals surface area contributed by atoms with Crippen molar-refractivity contribution in [3.63, 3.8) is 0 Å². The van der Waals surface area contributed by atoms with E-state index in [2.05, 4.69) is 53.5 Å². The average Bonchev–Trinajstić information content (AvgIpc) is 2.69. The minimum Gasteiger partial charge on any atom is -0.372 e. The number of carbonyl (C=O) groups is 1. The van der Waals surface area contributed by atoms with Gasteiger partial charge in [-0.05, 0) is 44.0 Å². The average molecular weight is 370 g/mol. The second-order valence-corrected chi connectivity index (χ2v) is 7.27. The van der Waals surface area contributed by atoms with E-state index in [9.17, 15) is 4.79 Å². The molecule has 0 unspecified atom stereocenters. The highest BCUT2D eigenvalue weighted by atomic mass is 32.2. The van der Waals surface area contributed by atoms with Crippen LogP contribution in [0.15, 0.2) is 59.7 Å². The fourth-order valence-electron chi connectivity index (χ4n) is 2.49. The maximum atomic E-state index is 12.1. The van der Waals surface area contributed by atoms with Gasteiger partial charge in [0, 0.05) is 24.5 Å². The van der Waals surface area contributed by atoms with Crippen LogP contribution in [-0.2, 0) is 10.5 Å². The lowest BCUT2D eigenvalue weighted by molar-refractivity contribution is -0.120. The zero-order valence-electron chi connectivity index (χ0n) is 15.7. The summed E-state index contributed by atoms with van der Waals surface area (Å²) in [6.07, 6.45) is 1.68. The maximum Gasteiger partial charge on any atom is 0.252 e. The van der Waals surface area contributed by atoms with Crippen molar-refractivity contribution in [3.8, 4) is 0 Å². The Bertz CT molecular complexity index is 697. The zero-order chi connectivity index (χ0) is 18.8. The van der Waals surface area contributed by atoms with Gasteiger partial charge in [0.15, 0.2) is 0 Å². The van der Waals surface area contributed by atoms with E-state index < -0.39 is 0 Å². The quantitative estimate of drug-likeness (QED) is 0.529. The van der Waals surface area contributed by atoms with E-state index >= 15 is 0 Å². The Balaban J connectivity index is 1.80. The van der Waals surface area contributed by atoms with Crippen molar-refractivity contribution in [1.29, 1.82) is 0 Å². The van der Waals surface area contributed by atoms with Crippen molar-refractivity contribution < 1.29 is 4.79 Å². The first-order valence-corrected chi connectivity index (χ1v) is 10.0. The summed E-state index contributed by atoms with van der Waals surface area (Å²) in [6, 6.07) is 18.3. The van der Waals surface area contributed by atoms with Crippen molar-refractivity contribution >= 4 is 29.6 Å². The summed E-state index contributed by atoms with van der Waals surface area (Å²) in [5.74, 6) is 0.730. The largest absolute Gasteiger partial charge is 0.372 e. The van der Waals surface area contributed by atoms with Crippen LogP contribution in [0.1, 0.15) is 31.9 Å². The molecule has 0 radical (unpaired) electrons. The molecule has 2 aromatic carbocycles. The van der Waals surface area contributed by atoms with Gasteiger partial charge < -0.3 is 4.90 Å². The van der Waals surface area contributed by atoms with Crippen molar-refractivity contribution in [2.75, 3.05) is 18.0 Å². The molecule has 0 aliphatic carbocycles. The smallest absolute Gasteiger partial charge is 0.252 e. The van der Waals surface area contributed by atoms with Crippen LogP contribution in [0.25, 0.3) is 0 Å². The highest BCUT2D eigenvalue weighted by Crippen LogP contribution is 2.17. The van der Waals surface area contributed by atoms with Crippen LogP contribution < -0.4 is 10.3 Å². The molecular weight excluding hydrogens is 342 g/mol. The Morgan fingerprint density at radius 2 is 1.77 bits per heavy atom. The van der Waals surface area contributed by atoms with Gasteiger partial charge in [-0.3, -0.25) is 4.79 Å². The van der Waals surface area contributed by atoms with Gasteiger partial charge in [-0.15, -0.1) is 11.8 Å². The summed E-state index contributed by atoms with van der Waals surface area (Å²) in [7, 11) is 0. The predicted octanol–water partition coefficient (Wildman–Crippen LogP) is 4.30. The Kier molecular flexibility index (Phi) is 8.22. The number of hydrogen-bond acceptors (Lipinski definition) is 4. The fourth-order valence-corrected chi connectivity index (χ4v) is 3.33. The number of nitrogens with one attached hydrogen (secondary N) is 1. The second-order valence-electron chi connectivity index (χ2n) is 5.94. The lowest BCUT2D eigenvalue weighted by atomic mass is 10.2. The number of amides is 1.